The number of ether oxygens (including phenoxy) is 1. The van der Waals surface area contributed by atoms with Crippen LogP contribution in [0.2, 0.25) is 0 Å². The number of carbonyl (C=O) groups is 1. The third-order valence-electron chi connectivity index (χ3n) is 3.39. The molecule has 104 valence electrons. The molecule has 0 saturated carbocycles. The number of aryl methyl sites for hydroxylation is 2. The van der Waals surface area contributed by atoms with Crippen LogP contribution in [0.15, 0.2) is 18.2 Å². The van der Waals surface area contributed by atoms with Gasteiger partial charge in [-0.3, -0.25) is 4.79 Å². The molecule has 1 heterocycles. The predicted octanol–water partition coefficient (Wildman–Crippen LogP) is 1.55. The van der Waals surface area contributed by atoms with Crippen LogP contribution in [0.25, 0.3) is 0 Å². The van der Waals surface area contributed by atoms with Crippen molar-refractivity contribution in [2.45, 2.75) is 32.7 Å². The van der Waals surface area contributed by atoms with Gasteiger partial charge in [-0.15, -0.1) is 0 Å². The highest BCUT2D eigenvalue weighted by molar-refractivity contribution is 5.77. The fourth-order valence-corrected chi connectivity index (χ4v) is 2.34. The molecule has 0 radical (unpaired) electrons. The molecule has 0 spiro atoms. The van der Waals surface area contributed by atoms with Crippen LogP contribution in [0.4, 0.5) is 0 Å². The molecule has 4 nitrogen and oxygen atoms in total. The maximum Gasteiger partial charge on any atom is 0.258 e. The van der Waals surface area contributed by atoms with Gasteiger partial charge in [0.15, 0.2) is 6.61 Å². The van der Waals surface area contributed by atoms with Crippen molar-refractivity contribution in [3.63, 3.8) is 0 Å². The monoisotopic (exact) mass is 262 g/mol. The summed E-state index contributed by atoms with van der Waals surface area (Å²) in [5.74, 6) is 0.748. The minimum atomic E-state index is -0.0353. The topological polar surface area (TPSA) is 50.4 Å². The fraction of sp³-hybridized carbons (Fsp3) is 0.533. The van der Waals surface area contributed by atoms with Crippen LogP contribution >= 0.6 is 0 Å². The highest BCUT2D eigenvalue weighted by Gasteiger charge is 2.15. The second-order valence-corrected chi connectivity index (χ2v) is 5.15. The highest BCUT2D eigenvalue weighted by Crippen LogP contribution is 2.18. The molecule has 4 heteroatoms. The minimum Gasteiger partial charge on any atom is -0.484 e. The van der Waals surface area contributed by atoms with Crippen molar-refractivity contribution in [1.82, 2.24) is 10.6 Å². The largest absolute Gasteiger partial charge is 0.484 e. The van der Waals surface area contributed by atoms with E-state index in [2.05, 4.69) is 16.7 Å². The van der Waals surface area contributed by atoms with Crippen molar-refractivity contribution >= 4 is 5.91 Å². The Kier molecular flexibility index (Phi) is 4.80. The Balaban J connectivity index is 1.79. The van der Waals surface area contributed by atoms with E-state index in [9.17, 15) is 4.79 Å². The molecule has 1 aromatic rings. The lowest BCUT2D eigenvalue weighted by Gasteiger charge is -2.23. The maximum absolute atomic E-state index is 11.8. The van der Waals surface area contributed by atoms with Gasteiger partial charge in [0.1, 0.15) is 5.75 Å². The molecule has 1 aromatic carbocycles. The lowest BCUT2D eigenvalue weighted by atomic mass is 10.1. The predicted molar refractivity (Wildman–Crippen MR) is 75.4 cm³/mol. The molecule has 0 bridgehead atoms. The van der Waals surface area contributed by atoms with E-state index in [0.29, 0.717) is 0 Å². The first kappa shape index (κ1) is 13.9. The zero-order valence-electron chi connectivity index (χ0n) is 11.7. The van der Waals surface area contributed by atoms with Crippen molar-refractivity contribution in [2.24, 2.45) is 0 Å². The molecule has 1 fully saturated rings. The number of hydrogen-bond donors (Lipinski definition) is 2. The molecule has 2 N–H and O–H groups in total. The van der Waals surface area contributed by atoms with E-state index >= 15 is 0 Å². The van der Waals surface area contributed by atoms with E-state index in [4.69, 9.17) is 4.74 Å². The first-order valence-electron chi connectivity index (χ1n) is 6.85. The Morgan fingerprint density at radius 1 is 1.37 bits per heavy atom. The summed E-state index contributed by atoms with van der Waals surface area (Å²) in [6.45, 7) is 6.08. The first-order chi connectivity index (χ1) is 9.15. The standard InChI is InChI=1S/C15H22N2O2/c1-11-3-4-14(12(2)9-11)19-10-15(18)17-13-5-7-16-8-6-13/h3-4,9,13,16H,5-8,10H2,1-2H3,(H,17,18). The number of rotatable bonds is 4. The van der Waals surface area contributed by atoms with E-state index in [-0.39, 0.29) is 18.6 Å². The summed E-state index contributed by atoms with van der Waals surface area (Å²) in [5, 5.41) is 6.29. The van der Waals surface area contributed by atoms with E-state index < -0.39 is 0 Å². The fourth-order valence-electron chi connectivity index (χ4n) is 2.34. The third-order valence-corrected chi connectivity index (χ3v) is 3.39. The molecular formula is C15H22N2O2. The molecule has 1 amide bonds. The Bertz CT molecular complexity index is 440. The van der Waals surface area contributed by atoms with Gasteiger partial charge in [0.2, 0.25) is 0 Å². The molecule has 0 aliphatic carbocycles. The summed E-state index contributed by atoms with van der Waals surface area (Å²) in [4.78, 5) is 11.8. The molecule has 1 saturated heterocycles. The lowest BCUT2D eigenvalue weighted by molar-refractivity contribution is -0.123. The number of nitrogens with one attached hydrogen (secondary N) is 2. The van der Waals surface area contributed by atoms with Crippen LogP contribution in [0.3, 0.4) is 0 Å². The number of piperidine rings is 1. The molecule has 0 unspecified atom stereocenters. The Hall–Kier alpha value is -1.55. The molecule has 0 aromatic heterocycles. The number of benzene rings is 1. The third kappa shape index (κ3) is 4.24. The quantitative estimate of drug-likeness (QED) is 0.865. The average molecular weight is 262 g/mol. The molecular weight excluding hydrogens is 240 g/mol. The summed E-state index contributed by atoms with van der Waals surface area (Å²) < 4.78 is 5.57. The summed E-state index contributed by atoms with van der Waals surface area (Å²) in [6, 6.07) is 6.26. The first-order valence-corrected chi connectivity index (χ1v) is 6.85. The van der Waals surface area contributed by atoms with Gasteiger partial charge in [0.05, 0.1) is 0 Å². The molecule has 1 aliphatic rings. The van der Waals surface area contributed by atoms with E-state index in [0.717, 1.165) is 37.2 Å². The van der Waals surface area contributed by atoms with Gasteiger partial charge in [0, 0.05) is 6.04 Å². The molecule has 1 aliphatic heterocycles. The van der Waals surface area contributed by atoms with Crippen molar-refractivity contribution in [3.05, 3.63) is 29.3 Å². The van der Waals surface area contributed by atoms with Gasteiger partial charge in [-0.1, -0.05) is 17.7 Å². The van der Waals surface area contributed by atoms with Crippen LogP contribution < -0.4 is 15.4 Å². The van der Waals surface area contributed by atoms with Crippen molar-refractivity contribution in [2.75, 3.05) is 19.7 Å². The molecule has 19 heavy (non-hydrogen) atoms. The summed E-state index contributed by atoms with van der Waals surface area (Å²) in [6.07, 6.45) is 1.99. The Morgan fingerprint density at radius 3 is 2.79 bits per heavy atom. The van der Waals surface area contributed by atoms with Crippen molar-refractivity contribution in [3.8, 4) is 5.75 Å². The molecule has 0 atom stereocenters. The minimum absolute atomic E-state index is 0.0353. The van der Waals surface area contributed by atoms with Gasteiger partial charge in [-0.2, -0.15) is 0 Å². The number of hydrogen-bond acceptors (Lipinski definition) is 3. The summed E-state index contributed by atoms with van der Waals surface area (Å²) in [7, 11) is 0. The number of amides is 1. The zero-order valence-corrected chi connectivity index (χ0v) is 11.7. The van der Waals surface area contributed by atoms with Crippen LogP contribution in [0.1, 0.15) is 24.0 Å². The molecule has 2 rings (SSSR count). The smallest absolute Gasteiger partial charge is 0.258 e. The second kappa shape index (κ2) is 6.57. The number of carbonyl (C=O) groups excluding carboxylic acids is 1. The van der Waals surface area contributed by atoms with Crippen molar-refractivity contribution in [1.29, 1.82) is 0 Å². The second-order valence-electron chi connectivity index (χ2n) is 5.15. The summed E-state index contributed by atoms with van der Waals surface area (Å²) >= 11 is 0. The maximum atomic E-state index is 11.8. The van der Waals surface area contributed by atoms with E-state index in [1.807, 2.05) is 26.0 Å². The average Bonchev–Trinajstić information content (AvgIpc) is 2.39. The lowest BCUT2D eigenvalue weighted by Crippen LogP contribution is -2.44. The van der Waals surface area contributed by atoms with E-state index in [1.165, 1.54) is 5.56 Å². The van der Waals surface area contributed by atoms with Gasteiger partial charge in [-0.05, 0) is 51.4 Å². The zero-order chi connectivity index (χ0) is 13.7. The SMILES string of the molecule is Cc1ccc(OCC(=O)NC2CCNCC2)c(C)c1. The van der Waals surface area contributed by atoms with Crippen LogP contribution in [0, 0.1) is 13.8 Å². The van der Waals surface area contributed by atoms with Gasteiger partial charge < -0.3 is 15.4 Å². The summed E-state index contributed by atoms with van der Waals surface area (Å²) in [5.41, 5.74) is 2.26. The highest BCUT2D eigenvalue weighted by atomic mass is 16.5. The Labute approximate surface area is 114 Å². The van der Waals surface area contributed by atoms with Crippen LogP contribution in [0.5, 0.6) is 5.75 Å². The normalized spacial score (nSPS) is 16.1. The Morgan fingerprint density at radius 2 is 2.11 bits per heavy atom. The van der Waals surface area contributed by atoms with Gasteiger partial charge >= 0.3 is 0 Å². The van der Waals surface area contributed by atoms with E-state index in [1.54, 1.807) is 0 Å². The van der Waals surface area contributed by atoms with Crippen molar-refractivity contribution < 1.29 is 9.53 Å². The van der Waals surface area contributed by atoms with Crippen LogP contribution in [-0.2, 0) is 4.79 Å². The van der Waals surface area contributed by atoms with Gasteiger partial charge in [-0.25, -0.2) is 0 Å². The van der Waals surface area contributed by atoms with Crippen LogP contribution in [-0.4, -0.2) is 31.6 Å². The van der Waals surface area contributed by atoms with Gasteiger partial charge in [0.25, 0.3) is 5.91 Å².